The average Bonchev–Trinajstić information content (AvgIpc) is 2.72. The Morgan fingerprint density at radius 3 is 2.68 bits per heavy atom. The standard InChI is InChI=1S/C16H25N3/c1-5-17-11-13(12(2)3)10-15-14-8-6-7-9-16(14)19(4)18-15/h6-9,12-13,17H,5,10-11H2,1-4H3. The molecule has 1 aromatic carbocycles. The van der Waals surface area contributed by atoms with Crippen LogP contribution in [0.2, 0.25) is 0 Å². The van der Waals surface area contributed by atoms with Crippen molar-refractivity contribution < 1.29 is 0 Å². The van der Waals surface area contributed by atoms with Gasteiger partial charge in [0.15, 0.2) is 0 Å². The van der Waals surface area contributed by atoms with Crippen LogP contribution >= 0.6 is 0 Å². The largest absolute Gasteiger partial charge is 0.317 e. The van der Waals surface area contributed by atoms with E-state index in [1.54, 1.807) is 0 Å². The van der Waals surface area contributed by atoms with Crippen molar-refractivity contribution in [1.29, 1.82) is 0 Å². The number of nitrogens with one attached hydrogen (secondary N) is 1. The second kappa shape index (κ2) is 6.20. The average molecular weight is 259 g/mol. The summed E-state index contributed by atoms with van der Waals surface area (Å²) in [6.07, 6.45) is 1.05. The lowest BCUT2D eigenvalue weighted by Gasteiger charge is -2.20. The van der Waals surface area contributed by atoms with Gasteiger partial charge < -0.3 is 5.32 Å². The highest BCUT2D eigenvalue weighted by atomic mass is 15.3. The molecule has 0 saturated heterocycles. The summed E-state index contributed by atoms with van der Waals surface area (Å²) in [4.78, 5) is 0. The van der Waals surface area contributed by atoms with E-state index in [0.29, 0.717) is 11.8 Å². The Morgan fingerprint density at radius 2 is 2.00 bits per heavy atom. The van der Waals surface area contributed by atoms with Gasteiger partial charge in [0, 0.05) is 12.4 Å². The first kappa shape index (κ1) is 14.1. The zero-order valence-corrected chi connectivity index (χ0v) is 12.5. The van der Waals surface area contributed by atoms with Gasteiger partial charge in [-0.1, -0.05) is 39.0 Å². The fourth-order valence-corrected chi connectivity index (χ4v) is 2.56. The highest BCUT2D eigenvalue weighted by molar-refractivity contribution is 5.81. The van der Waals surface area contributed by atoms with Gasteiger partial charge in [0.2, 0.25) is 0 Å². The lowest BCUT2D eigenvalue weighted by molar-refractivity contribution is 0.361. The summed E-state index contributed by atoms with van der Waals surface area (Å²) in [5, 5.41) is 9.48. The first-order valence-corrected chi connectivity index (χ1v) is 7.24. The topological polar surface area (TPSA) is 29.9 Å². The van der Waals surface area contributed by atoms with Gasteiger partial charge in [-0.2, -0.15) is 5.10 Å². The Bertz CT molecular complexity index is 528. The molecular formula is C16H25N3. The van der Waals surface area contributed by atoms with Gasteiger partial charge in [-0.25, -0.2) is 0 Å². The molecule has 1 atom stereocenters. The number of aryl methyl sites for hydroxylation is 1. The van der Waals surface area contributed by atoms with Crippen molar-refractivity contribution in [2.45, 2.75) is 27.2 Å². The normalized spacial score (nSPS) is 13.3. The van der Waals surface area contributed by atoms with E-state index in [9.17, 15) is 0 Å². The quantitative estimate of drug-likeness (QED) is 0.864. The van der Waals surface area contributed by atoms with Crippen molar-refractivity contribution >= 4 is 10.9 Å². The van der Waals surface area contributed by atoms with E-state index >= 15 is 0 Å². The van der Waals surface area contributed by atoms with Crippen LogP contribution in [0.1, 0.15) is 26.5 Å². The molecule has 104 valence electrons. The summed E-state index contributed by atoms with van der Waals surface area (Å²) in [5.41, 5.74) is 2.46. The van der Waals surface area contributed by atoms with Crippen LogP contribution in [-0.4, -0.2) is 22.9 Å². The van der Waals surface area contributed by atoms with E-state index in [0.717, 1.165) is 19.5 Å². The van der Waals surface area contributed by atoms with Crippen LogP contribution in [0.25, 0.3) is 10.9 Å². The number of hydrogen-bond acceptors (Lipinski definition) is 2. The minimum absolute atomic E-state index is 0.637. The lowest BCUT2D eigenvalue weighted by atomic mass is 9.90. The van der Waals surface area contributed by atoms with Crippen LogP contribution in [0.15, 0.2) is 24.3 Å². The van der Waals surface area contributed by atoms with Gasteiger partial charge in [-0.05, 0) is 37.4 Å². The second-order valence-electron chi connectivity index (χ2n) is 5.60. The zero-order chi connectivity index (χ0) is 13.8. The molecule has 19 heavy (non-hydrogen) atoms. The van der Waals surface area contributed by atoms with E-state index in [2.05, 4.69) is 50.4 Å². The Hall–Kier alpha value is -1.35. The summed E-state index contributed by atoms with van der Waals surface area (Å²) in [6.45, 7) is 8.86. The summed E-state index contributed by atoms with van der Waals surface area (Å²) >= 11 is 0. The highest BCUT2D eigenvalue weighted by Crippen LogP contribution is 2.23. The second-order valence-corrected chi connectivity index (χ2v) is 5.60. The van der Waals surface area contributed by atoms with Crippen LogP contribution in [0.5, 0.6) is 0 Å². The first-order chi connectivity index (χ1) is 9.13. The fraction of sp³-hybridized carbons (Fsp3) is 0.562. The van der Waals surface area contributed by atoms with Crippen molar-refractivity contribution in [3.8, 4) is 0 Å². The molecule has 1 unspecified atom stereocenters. The molecule has 1 N–H and O–H groups in total. The Labute approximate surface area is 116 Å². The zero-order valence-electron chi connectivity index (χ0n) is 12.5. The SMILES string of the molecule is CCNCC(Cc1nn(C)c2ccccc12)C(C)C. The molecule has 0 bridgehead atoms. The smallest absolute Gasteiger partial charge is 0.0706 e. The van der Waals surface area contributed by atoms with Crippen molar-refractivity contribution in [3.05, 3.63) is 30.0 Å². The van der Waals surface area contributed by atoms with Crippen molar-refractivity contribution in [2.24, 2.45) is 18.9 Å². The van der Waals surface area contributed by atoms with Gasteiger partial charge in [0.1, 0.15) is 0 Å². The fourth-order valence-electron chi connectivity index (χ4n) is 2.56. The van der Waals surface area contributed by atoms with Crippen LogP contribution in [0.3, 0.4) is 0 Å². The van der Waals surface area contributed by atoms with Crippen LogP contribution in [0, 0.1) is 11.8 Å². The van der Waals surface area contributed by atoms with Crippen molar-refractivity contribution in [1.82, 2.24) is 15.1 Å². The molecule has 0 amide bonds. The number of hydrogen-bond donors (Lipinski definition) is 1. The molecule has 0 aliphatic carbocycles. The number of nitrogens with zero attached hydrogens (tertiary/aromatic N) is 2. The van der Waals surface area contributed by atoms with Gasteiger partial charge in [0.25, 0.3) is 0 Å². The maximum Gasteiger partial charge on any atom is 0.0706 e. The monoisotopic (exact) mass is 259 g/mol. The summed E-state index contributed by atoms with van der Waals surface area (Å²) in [5.74, 6) is 1.30. The van der Waals surface area contributed by atoms with Crippen LogP contribution in [-0.2, 0) is 13.5 Å². The van der Waals surface area contributed by atoms with Crippen molar-refractivity contribution in [2.75, 3.05) is 13.1 Å². The molecule has 0 aliphatic rings. The summed E-state index contributed by atoms with van der Waals surface area (Å²) in [6, 6.07) is 8.50. The van der Waals surface area contributed by atoms with Gasteiger partial charge in [-0.3, -0.25) is 4.68 Å². The Kier molecular flexibility index (Phi) is 4.59. The minimum Gasteiger partial charge on any atom is -0.317 e. The molecule has 3 nitrogen and oxygen atoms in total. The van der Waals surface area contributed by atoms with Gasteiger partial charge in [-0.15, -0.1) is 0 Å². The molecule has 0 spiro atoms. The molecule has 0 aliphatic heterocycles. The maximum atomic E-state index is 4.71. The molecule has 1 aromatic heterocycles. The summed E-state index contributed by atoms with van der Waals surface area (Å²) in [7, 11) is 2.03. The van der Waals surface area contributed by atoms with E-state index in [-0.39, 0.29) is 0 Å². The molecule has 3 heteroatoms. The van der Waals surface area contributed by atoms with E-state index < -0.39 is 0 Å². The van der Waals surface area contributed by atoms with Crippen LogP contribution < -0.4 is 5.32 Å². The molecule has 0 radical (unpaired) electrons. The number of benzene rings is 1. The maximum absolute atomic E-state index is 4.71. The third-order valence-corrected chi connectivity index (χ3v) is 3.89. The predicted octanol–water partition coefficient (Wildman–Crippen LogP) is 3.00. The Morgan fingerprint density at radius 1 is 1.26 bits per heavy atom. The van der Waals surface area contributed by atoms with Crippen LogP contribution in [0.4, 0.5) is 0 Å². The highest BCUT2D eigenvalue weighted by Gasteiger charge is 2.17. The van der Waals surface area contributed by atoms with Gasteiger partial charge in [0.05, 0.1) is 11.2 Å². The minimum atomic E-state index is 0.637. The Balaban J connectivity index is 2.23. The van der Waals surface area contributed by atoms with Gasteiger partial charge >= 0.3 is 0 Å². The first-order valence-electron chi connectivity index (χ1n) is 7.24. The molecule has 0 fully saturated rings. The molecule has 1 heterocycles. The predicted molar refractivity (Wildman–Crippen MR) is 81.3 cm³/mol. The number of fused-ring (bicyclic) bond motifs is 1. The van der Waals surface area contributed by atoms with E-state index in [1.165, 1.54) is 16.6 Å². The molecule has 2 rings (SSSR count). The van der Waals surface area contributed by atoms with E-state index in [1.807, 2.05) is 11.7 Å². The number of para-hydroxylation sites is 1. The third-order valence-electron chi connectivity index (χ3n) is 3.89. The third kappa shape index (κ3) is 3.16. The lowest BCUT2D eigenvalue weighted by Crippen LogP contribution is -2.27. The molecule has 2 aromatic rings. The number of aromatic nitrogens is 2. The molecular weight excluding hydrogens is 234 g/mol. The van der Waals surface area contributed by atoms with E-state index in [4.69, 9.17) is 5.10 Å². The number of rotatable bonds is 6. The molecule has 0 saturated carbocycles. The van der Waals surface area contributed by atoms with Crippen molar-refractivity contribution in [3.63, 3.8) is 0 Å². The summed E-state index contributed by atoms with van der Waals surface area (Å²) < 4.78 is 2.00.